The number of hydrogen-bond acceptors (Lipinski definition) is 3. The molecule has 2 unspecified atom stereocenters. The van der Waals surface area contributed by atoms with Crippen LogP contribution in [0, 0.1) is 5.92 Å². The third-order valence-corrected chi connectivity index (χ3v) is 5.62. The van der Waals surface area contributed by atoms with Gasteiger partial charge in [-0.25, -0.2) is 8.42 Å². The Balaban J connectivity index is 2.17. The molecule has 4 nitrogen and oxygen atoms in total. The second kappa shape index (κ2) is 6.24. The normalized spacial score (nSPS) is 22.6. The maximum Gasteiger partial charge on any atom is 0.243 e. The summed E-state index contributed by atoms with van der Waals surface area (Å²) < 4.78 is 26.7. The number of rotatable bonds is 4. The molecular formula is C15H24N2O2S. The summed E-state index contributed by atoms with van der Waals surface area (Å²) in [6.45, 7) is 5.31. The van der Waals surface area contributed by atoms with Crippen LogP contribution in [-0.4, -0.2) is 31.9 Å². The molecule has 1 aromatic carbocycles. The van der Waals surface area contributed by atoms with Gasteiger partial charge in [-0.15, -0.1) is 0 Å². The van der Waals surface area contributed by atoms with Crippen molar-refractivity contribution >= 4 is 10.0 Å². The fourth-order valence-electron chi connectivity index (χ4n) is 2.68. The van der Waals surface area contributed by atoms with Crippen molar-refractivity contribution in [3.05, 3.63) is 29.8 Å². The van der Waals surface area contributed by atoms with E-state index < -0.39 is 10.0 Å². The van der Waals surface area contributed by atoms with Crippen molar-refractivity contribution < 1.29 is 8.42 Å². The van der Waals surface area contributed by atoms with Crippen molar-refractivity contribution in [1.29, 1.82) is 0 Å². The third kappa shape index (κ3) is 3.59. The van der Waals surface area contributed by atoms with Crippen LogP contribution in [0.3, 0.4) is 0 Å². The molecule has 112 valence electrons. The van der Waals surface area contributed by atoms with Crippen LogP contribution in [0.4, 0.5) is 0 Å². The van der Waals surface area contributed by atoms with Crippen LogP contribution < -0.4 is 5.73 Å². The van der Waals surface area contributed by atoms with E-state index in [0.717, 1.165) is 24.8 Å². The topological polar surface area (TPSA) is 63.4 Å². The fraction of sp³-hybridized carbons (Fsp3) is 0.600. The first-order valence-corrected chi connectivity index (χ1v) is 8.68. The van der Waals surface area contributed by atoms with Gasteiger partial charge in [-0.3, -0.25) is 0 Å². The molecule has 2 rings (SSSR count). The Kier molecular flexibility index (Phi) is 4.83. The second-order valence-electron chi connectivity index (χ2n) is 5.94. The maximum absolute atomic E-state index is 12.6. The van der Waals surface area contributed by atoms with E-state index in [-0.39, 0.29) is 6.04 Å². The van der Waals surface area contributed by atoms with Crippen molar-refractivity contribution in [2.24, 2.45) is 11.7 Å². The summed E-state index contributed by atoms with van der Waals surface area (Å²) in [5.74, 6) is 0.441. The lowest BCUT2D eigenvalue weighted by Gasteiger charge is -2.30. The number of benzene rings is 1. The molecule has 0 bridgehead atoms. The van der Waals surface area contributed by atoms with E-state index in [1.807, 2.05) is 19.1 Å². The van der Waals surface area contributed by atoms with Gasteiger partial charge in [0.25, 0.3) is 0 Å². The summed E-state index contributed by atoms with van der Waals surface area (Å²) in [6.07, 6.45) is 2.82. The van der Waals surface area contributed by atoms with E-state index in [1.54, 1.807) is 16.4 Å². The van der Waals surface area contributed by atoms with Crippen LogP contribution in [-0.2, 0) is 16.4 Å². The van der Waals surface area contributed by atoms with Crippen LogP contribution in [0.25, 0.3) is 0 Å². The molecule has 1 aliphatic rings. The van der Waals surface area contributed by atoms with Crippen LogP contribution in [0.5, 0.6) is 0 Å². The summed E-state index contributed by atoms with van der Waals surface area (Å²) in [4.78, 5) is 0.389. The van der Waals surface area contributed by atoms with Gasteiger partial charge in [0, 0.05) is 19.1 Å². The molecule has 1 saturated heterocycles. The molecule has 2 atom stereocenters. The monoisotopic (exact) mass is 296 g/mol. The first-order valence-electron chi connectivity index (χ1n) is 7.24. The van der Waals surface area contributed by atoms with Gasteiger partial charge >= 0.3 is 0 Å². The summed E-state index contributed by atoms with van der Waals surface area (Å²) in [5.41, 5.74) is 6.83. The number of sulfonamides is 1. The Morgan fingerprint density at radius 3 is 2.55 bits per heavy atom. The van der Waals surface area contributed by atoms with Crippen LogP contribution in [0.1, 0.15) is 32.3 Å². The Bertz CT molecular complexity index is 537. The van der Waals surface area contributed by atoms with E-state index in [0.29, 0.717) is 23.9 Å². The highest BCUT2D eigenvalue weighted by Crippen LogP contribution is 2.23. The molecule has 0 radical (unpaired) electrons. The zero-order chi connectivity index (χ0) is 14.8. The lowest BCUT2D eigenvalue weighted by molar-refractivity contribution is 0.281. The zero-order valence-electron chi connectivity index (χ0n) is 12.2. The molecule has 5 heteroatoms. The SMILES string of the molecule is CC(N)Cc1ccc(S(=O)(=O)N2CCCC(C)C2)cc1. The average molecular weight is 296 g/mol. The highest BCUT2D eigenvalue weighted by molar-refractivity contribution is 7.89. The van der Waals surface area contributed by atoms with Crippen LogP contribution >= 0.6 is 0 Å². The lowest BCUT2D eigenvalue weighted by Crippen LogP contribution is -2.39. The predicted molar refractivity (Wildman–Crippen MR) is 81.0 cm³/mol. The molecule has 0 aromatic heterocycles. The number of nitrogens with two attached hydrogens (primary N) is 1. The van der Waals surface area contributed by atoms with E-state index in [4.69, 9.17) is 5.73 Å². The Hall–Kier alpha value is -0.910. The standard InChI is InChI=1S/C15H24N2O2S/c1-12-4-3-9-17(11-12)20(18,19)15-7-5-14(6-8-15)10-13(2)16/h5-8,12-13H,3-4,9-11,16H2,1-2H3. The second-order valence-corrected chi connectivity index (χ2v) is 7.87. The Morgan fingerprint density at radius 1 is 1.35 bits per heavy atom. The van der Waals surface area contributed by atoms with Crippen molar-refractivity contribution in [3.8, 4) is 0 Å². The largest absolute Gasteiger partial charge is 0.328 e. The van der Waals surface area contributed by atoms with Gasteiger partial charge in [-0.1, -0.05) is 19.1 Å². The summed E-state index contributed by atoms with van der Waals surface area (Å²) in [5, 5.41) is 0. The smallest absolute Gasteiger partial charge is 0.243 e. The molecule has 0 spiro atoms. The van der Waals surface area contributed by atoms with Gasteiger partial charge in [0.15, 0.2) is 0 Å². The van der Waals surface area contributed by atoms with Gasteiger partial charge < -0.3 is 5.73 Å². The summed E-state index contributed by atoms with van der Waals surface area (Å²) in [7, 11) is -3.34. The van der Waals surface area contributed by atoms with Gasteiger partial charge in [0.1, 0.15) is 0 Å². The van der Waals surface area contributed by atoms with E-state index >= 15 is 0 Å². The lowest BCUT2D eigenvalue weighted by atomic mass is 10.0. The predicted octanol–water partition coefficient (Wildman–Crippen LogP) is 2.00. The van der Waals surface area contributed by atoms with Gasteiger partial charge in [-0.05, 0) is 49.8 Å². The summed E-state index contributed by atoms with van der Waals surface area (Å²) >= 11 is 0. The molecule has 1 fully saturated rings. The first kappa shape index (κ1) is 15.5. The average Bonchev–Trinajstić information content (AvgIpc) is 2.38. The third-order valence-electron chi connectivity index (χ3n) is 3.74. The van der Waals surface area contributed by atoms with Crippen LogP contribution in [0.2, 0.25) is 0 Å². The quantitative estimate of drug-likeness (QED) is 0.924. The highest BCUT2D eigenvalue weighted by Gasteiger charge is 2.28. The van der Waals surface area contributed by atoms with Crippen molar-refractivity contribution in [2.45, 2.75) is 44.0 Å². The van der Waals surface area contributed by atoms with E-state index in [2.05, 4.69) is 6.92 Å². The molecule has 1 aliphatic heterocycles. The van der Waals surface area contributed by atoms with Crippen LogP contribution in [0.15, 0.2) is 29.2 Å². The minimum absolute atomic E-state index is 0.0837. The Morgan fingerprint density at radius 2 is 2.00 bits per heavy atom. The van der Waals surface area contributed by atoms with Gasteiger partial charge in [0.2, 0.25) is 10.0 Å². The van der Waals surface area contributed by atoms with Crippen molar-refractivity contribution in [1.82, 2.24) is 4.31 Å². The maximum atomic E-state index is 12.6. The zero-order valence-corrected chi connectivity index (χ0v) is 13.1. The molecule has 0 amide bonds. The van der Waals surface area contributed by atoms with Crippen molar-refractivity contribution in [3.63, 3.8) is 0 Å². The minimum atomic E-state index is -3.34. The molecule has 2 N–H and O–H groups in total. The minimum Gasteiger partial charge on any atom is -0.328 e. The number of hydrogen-bond donors (Lipinski definition) is 1. The first-order chi connectivity index (χ1) is 9.39. The highest BCUT2D eigenvalue weighted by atomic mass is 32.2. The molecular weight excluding hydrogens is 272 g/mol. The van der Waals surface area contributed by atoms with Crippen molar-refractivity contribution in [2.75, 3.05) is 13.1 Å². The Labute approximate surface area is 122 Å². The fourth-order valence-corrected chi connectivity index (χ4v) is 4.28. The molecule has 1 heterocycles. The van der Waals surface area contributed by atoms with Gasteiger partial charge in [-0.2, -0.15) is 4.31 Å². The van der Waals surface area contributed by atoms with E-state index in [1.165, 1.54) is 0 Å². The summed E-state index contributed by atoms with van der Waals surface area (Å²) in [6, 6.07) is 7.21. The van der Waals surface area contributed by atoms with Gasteiger partial charge in [0.05, 0.1) is 4.90 Å². The molecule has 1 aromatic rings. The molecule has 0 saturated carbocycles. The van der Waals surface area contributed by atoms with E-state index in [9.17, 15) is 8.42 Å². The number of piperidine rings is 1. The number of nitrogens with zero attached hydrogens (tertiary/aromatic N) is 1. The molecule has 0 aliphatic carbocycles. The molecule has 20 heavy (non-hydrogen) atoms.